The number of hydrogen-bond donors (Lipinski definition) is 1. The zero-order valence-electron chi connectivity index (χ0n) is 17.2. The predicted molar refractivity (Wildman–Crippen MR) is 131 cm³/mol. The van der Waals surface area contributed by atoms with Gasteiger partial charge in [0.2, 0.25) is 0 Å². The lowest BCUT2D eigenvalue weighted by Gasteiger charge is -2.12. The first kappa shape index (κ1) is 17.8. The number of hydrogen-bond acceptors (Lipinski definition) is 2. The number of furan rings is 1. The first-order valence-corrected chi connectivity index (χ1v) is 10.5. The molecule has 0 fully saturated rings. The molecule has 0 amide bonds. The number of aryl methyl sites for hydroxylation is 1. The number of rotatable bonds is 3. The van der Waals surface area contributed by atoms with E-state index in [-0.39, 0.29) is 0 Å². The molecule has 6 rings (SSSR count). The van der Waals surface area contributed by atoms with Gasteiger partial charge < -0.3 is 9.73 Å². The number of para-hydroxylation sites is 2. The van der Waals surface area contributed by atoms with Crippen LogP contribution in [-0.2, 0) is 0 Å². The van der Waals surface area contributed by atoms with Gasteiger partial charge in [0.05, 0.1) is 5.69 Å². The van der Waals surface area contributed by atoms with Crippen molar-refractivity contribution in [1.82, 2.24) is 0 Å². The lowest BCUT2D eigenvalue weighted by atomic mass is 10.0. The maximum atomic E-state index is 6.48. The van der Waals surface area contributed by atoms with E-state index in [1.807, 2.05) is 6.07 Å². The highest BCUT2D eigenvalue weighted by molar-refractivity contribution is 6.21. The third kappa shape index (κ3) is 2.88. The van der Waals surface area contributed by atoms with Crippen molar-refractivity contribution in [1.29, 1.82) is 0 Å². The quantitative estimate of drug-likeness (QED) is 0.323. The van der Waals surface area contributed by atoms with E-state index in [0.29, 0.717) is 0 Å². The van der Waals surface area contributed by atoms with E-state index in [1.54, 1.807) is 0 Å². The number of benzene rings is 5. The third-order valence-electron chi connectivity index (χ3n) is 5.96. The molecule has 0 bridgehead atoms. The molecular formula is C29H21NO. The summed E-state index contributed by atoms with van der Waals surface area (Å²) in [4.78, 5) is 0. The summed E-state index contributed by atoms with van der Waals surface area (Å²) in [5, 5.41) is 8.44. The summed E-state index contributed by atoms with van der Waals surface area (Å²) in [5.74, 6) is 0. The zero-order chi connectivity index (χ0) is 20.8. The molecule has 0 unspecified atom stereocenters. The van der Waals surface area contributed by atoms with Crippen LogP contribution in [0, 0.1) is 6.92 Å². The van der Waals surface area contributed by atoms with E-state index in [2.05, 4.69) is 109 Å². The number of nitrogens with one attached hydrogen (secondary N) is 1. The Bertz CT molecular complexity index is 1560. The Balaban J connectivity index is 1.57. The molecule has 6 aromatic rings. The second-order valence-corrected chi connectivity index (χ2v) is 7.94. The Labute approximate surface area is 180 Å². The average molecular weight is 399 g/mol. The summed E-state index contributed by atoms with van der Waals surface area (Å²) in [6.07, 6.45) is 0. The Morgan fingerprint density at radius 1 is 0.613 bits per heavy atom. The average Bonchev–Trinajstić information content (AvgIpc) is 3.22. The van der Waals surface area contributed by atoms with Crippen LogP contribution in [0.25, 0.3) is 43.8 Å². The van der Waals surface area contributed by atoms with Gasteiger partial charge >= 0.3 is 0 Å². The Morgan fingerprint density at radius 2 is 1.32 bits per heavy atom. The van der Waals surface area contributed by atoms with Crippen molar-refractivity contribution >= 4 is 44.1 Å². The van der Waals surface area contributed by atoms with Crippen molar-refractivity contribution in [2.45, 2.75) is 6.92 Å². The highest BCUT2D eigenvalue weighted by Crippen LogP contribution is 2.40. The molecule has 0 spiro atoms. The molecule has 1 aromatic heterocycles. The van der Waals surface area contributed by atoms with Crippen molar-refractivity contribution in [3.63, 3.8) is 0 Å². The fourth-order valence-corrected chi connectivity index (χ4v) is 4.52. The van der Waals surface area contributed by atoms with Crippen molar-refractivity contribution in [3.8, 4) is 11.1 Å². The van der Waals surface area contributed by atoms with Crippen molar-refractivity contribution in [3.05, 3.63) is 109 Å². The minimum absolute atomic E-state index is 0.889. The summed E-state index contributed by atoms with van der Waals surface area (Å²) in [6, 6.07) is 35.9. The van der Waals surface area contributed by atoms with E-state index in [9.17, 15) is 0 Å². The summed E-state index contributed by atoms with van der Waals surface area (Å²) in [6.45, 7) is 2.12. The van der Waals surface area contributed by atoms with Crippen LogP contribution in [0.15, 0.2) is 108 Å². The highest BCUT2D eigenvalue weighted by Gasteiger charge is 2.16. The van der Waals surface area contributed by atoms with Gasteiger partial charge in [-0.25, -0.2) is 0 Å². The summed E-state index contributed by atoms with van der Waals surface area (Å²) in [5.41, 5.74) is 7.38. The molecule has 0 saturated carbocycles. The zero-order valence-corrected chi connectivity index (χ0v) is 17.2. The molecule has 1 heterocycles. The van der Waals surface area contributed by atoms with Crippen molar-refractivity contribution < 1.29 is 4.42 Å². The minimum atomic E-state index is 0.889. The number of anilines is 2. The predicted octanol–water partition coefficient (Wildman–Crippen LogP) is 8.46. The van der Waals surface area contributed by atoms with E-state index < -0.39 is 0 Å². The van der Waals surface area contributed by atoms with E-state index in [1.165, 1.54) is 21.7 Å². The van der Waals surface area contributed by atoms with Crippen LogP contribution >= 0.6 is 0 Å². The second kappa shape index (κ2) is 7.03. The lowest BCUT2D eigenvalue weighted by Crippen LogP contribution is -1.93. The molecular weight excluding hydrogens is 378 g/mol. The van der Waals surface area contributed by atoms with Gasteiger partial charge in [0.25, 0.3) is 0 Å². The normalized spacial score (nSPS) is 11.4. The van der Waals surface area contributed by atoms with Crippen molar-refractivity contribution in [2.24, 2.45) is 0 Å². The van der Waals surface area contributed by atoms with Crippen LogP contribution in [0.3, 0.4) is 0 Å². The maximum absolute atomic E-state index is 6.48. The second-order valence-electron chi connectivity index (χ2n) is 7.94. The van der Waals surface area contributed by atoms with Gasteiger partial charge in [0, 0.05) is 22.0 Å². The maximum Gasteiger partial charge on any atom is 0.158 e. The smallest absolute Gasteiger partial charge is 0.158 e. The molecule has 31 heavy (non-hydrogen) atoms. The fourth-order valence-electron chi connectivity index (χ4n) is 4.52. The molecule has 0 aliphatic rings. The number of fused-ring (bicyclic) bond motifs is 5. The van der Waals surface area contributed by atoms with Crippen molar-refractivity contribution in [2.75, 3.05) is 5.32 Å². The van der Waals surface area contributed by atoms with Gasteiger partial charge in [-0.15, -0.1) is 0 Å². The van der Waals surface area contributed by atoms with Gasteiger partial charge in [-0.05, 0) is 47.0 Å². The summed E-state index contributed by atoms with van der Waals surface area (Å²) < 4.78 is 6.48. The van der Waals surface area contributed by atoms with Crippen LogP contribution in [0.2, 0.25) is 0 Å². The van der Waals surface area contributed by atoms with Crippen LogP contribution < -0.4 is 5.32 Å². The third-order valence-corrected chi connectivity index (χ3v) is 5.96. The SMILES string of the molecule is Cc1cc2ccccc2c2c1oc1c(Nc3ccccc3-c3ccccc3)cccc12. The molecule has 148 valence electrons. The Hall–Kier alpha value is -4.04. The van der Waals surface area contributed by atoms with Gasteiger partial charge in [-0.3, -0.25) is 0 Å². The van der Waals surface area contributed by atoms with Crippen LogP contribution in [0.4, 0.5) is 11.4 Å². The molecule has 0 radical (unpaired) electrons. The molecule has 0 aliphatic heterocycles. The van der Waals surface area contributed by atoms with Gasteiger partial charge in [0.1, 0.15) is 5.58 Å². The molecule has 0 atom stereocenters. The summed E-state index contributed by atoms with van der Waals surface area (Å²) >= 11 is 0. The van der Waals surface area contributed by atoms with E-state index >= 15 is 0 Å². The topological polar surface area (TPSA) is 25.2 Å². The standard InChI is InChI=1S/C29H21NO/c1-19-18-21-12-5-6-14-23(21)27-24-15-9-17-26(29(24)31-28(19)27)30-25-16-8-7-13-22(25)20-10-3-2-4-11-20/h2-18,30H,1H3. The molecule has 0 aliphatic carbocycles. The van der Waals surface area contributed by atoms with E-state index in [0.717, 1.165) is 39.1 Å². The first-order chi connectivity index (χ1) is 15.3. The summed E-state index contributed by atoms with van der Waals surface area (Å²) in [7, 11) is 0. The Kier molecular flexibility index (Phi) is 4.03. The molecule has 5 aromatic carbocycles. The molecule has 2 nitrogen and oxygen atoms in total. The van der Waals surface area contributed by atoms with Gasteiger partial charge in [-0.2, -0.15) is 0 Å². The van der Waals surface area contributed by atoms with Gasteiger partial charge in [0.15, 0.2) is 5.58 Å². The largest absolute Gasteiger partial charge is 0.454 e. The monoisotopic (exact) mass is 399 g/mol. The van der Waals surface area contributed by atoms with Crippen LogP contribution in [0.5, 0.6) is 0 Å². The molecule has 0 saturated heterocycles. The molecule has 1 N–H and O–H groups in total. The van der Waals surface area contributed by atoms with Gasteiger partial charge in [-0.1, -0.05) is 84.9 Å². The molecule has 2 heteroatoms. The Morgan fingerprint density at radius 3 is 2.23 bits per heavy atom. The first-order valence-electron chi connectivity index (χ1n) is 10.5. The van der Waals surface area contributed by atoms with Crippen LogP contribution in [-0.4, -0.2) is 0 Å². The fraction of sp³-hybridized carbons (Fsp3) is 0.0345. The van der Waals surface area contributed by atoms with Crippen LogP contribution in [0.1, 0.15) is 5.56 Å². The van der Waals surface area contributed by atoms with E-state index in [4.69, 9.17) is 4.42 Å². The highest BCUT2D eigenvalue weighted by atomic mass is 16.3. The minimum Gasteiger partial charge on any atom is -0.454 e. The lowest BCUT2D eigenvalue weighted by molar-refractivity contribution is 0.667.